The second-order valence-corrected chi connectivity index (χ2v) is 9.81. The molecule has 3 N–H and O–H groups in total. The Morgan fingerprint density at radius 1 is 1.00 bits per heavy atom. The predicted octanol–water partition coefficient (Wildman–Crippen LogP) is 5.20. The van der Waals surface area contributed by atoms with Crippen molar-refractivity contribution in [1.82, 2.24) is 5.32 Å². The van der Waals surface area contributed by atoms with Gasteiger partial charge in [0.05, 0.1) is 25.4 Å². The van der Waals surface area contributed by atoms with E-state index in [4.69, 9.17) is 14.2 Å². The first kappa shape index (κ1) is 27.7. The highest BCUT2D eigenvalue weighted by Crippen LogP contribution is 2.39. The molecule has 0 radical (unpaired) electrons. The van der Waals surface area contributed by atoms with Gasteiger partial charge in [-0.1, -0.05) is 54.6 Å². The SMILES string of the molecule is CCOC(=O)CNC(=O)Nc1cccc(C2OC(CSc3ccccc3)CC(c3ccc(CO)cc3)O2)c1. The minimum absolute atomic E-state index is 0.0129. The van der Waals surface area contributed by atoms with Gasteiger partial charge in [-0.2, -0.15) is 0 Å². The highest BCUT2D eigenvalue weighted by Gasteiger charge is 2.32. The molecule has 0 aromatic heterocycles. The molecule has 1 fully saturated rings. The normalized spacial score (nSPS) is 18.9. The number of urea groups is 1. The smallest absolute Gasteiger partial charge is 0.325 e. The van der Waals surface area contributed by atoms with E-state index in [2.05, 4.69) is 22.8 Å². The Hall–Kier alpha value is -3.37. The molecule has 2 amide bonds. The zero-order chi connectivity index (χ0) is 26.7. The van der Waals surface area contributed by atoms with E-state index in [0.717, 1.165) is 22.4 Å². The van der Waals surface area contributed by atoms with Crippen molar-refractivity contribution in [2.75, 3.05) is 24.2 Å². The summed E-state index contributed by atoms with van der Waals surface area (Å²) in [5.74, 6) is 0.251. The standard InChI is InChI=1S/C29H32N2O6S/c1-2-35-27(33)17-30-29(34)31-23-8-6-7-22(15-23)28-36-24(19-38-25-9-4-3-5-10-25)16-26(37-28)21-13-11-20(18-32)12-14-21/h3-15,24,26,28,32H,2,16-19H2,1H3,(H2,30,31,34). The number of esters is 1. The van der Waals surface area contributed by atoms with E-state index in [9.17, 15) is 14.7 Å². The maximum Gasteiger partial charge on any atom is 0.325 e. The van der Waals surface area contributed by atoms with Crippen LogP contribution in [-0.2, 0) is 25.6 Å². The maximum absolute atomic E-state index is 12.3. The third kappa shape index (κ3) is 8.06. The Kier molecular flexibility index (Phi) is 10.2. The summed E-state index contributed by atoms with van der Waals surface area (Å²) in [6.45, 7) is 1.73. The van der Waals surface area contributed by atoms with Gasteiger partial charge < -0.3 is 30.0 Å². The second-order valence-electron chi connectivity index (χ2n) is 8.71. The molecule has 4 rings (SSSR count). The van der Waals surface area contributed by atoms with Gasteiger partial charge in [-0.15, -0.1) is 11.8 Å². The molecule has 0 bridgehead atoms. The molecule has 1 aliphatic heterocycles. The summed E-state index contributed by atoms with van der Waals surface area (Å²) in [5, 5.41) is 14.6. The van der Waals surface area contributed by atoms with Crippen molar-refractivity contribution in [3.8, 4) is 0 Å². The summed E-state index contributed by atoms with van der Waals surface area (Å²) in [5.41, 5.74) is 3.16. The molecule has 3 aromatic carbocycles. The lowest BCUT2D eigenvalue weighted by atomic mass is 10.0. The first-order valence-corrected chi connectivity index (χ1v) is 13.5. The molecule has 200 valence electrons. The van der Waals surface area contributed by atoms with Gasteiger partial charge in [0.1, 0.15) is 6.54 Å². The summed E-state index contributed by atoms with van der Waals surface area (Å²) in [4.78, 5) is 24.9. The molecule has 38 heavy (non-hydrogen) atoms. The van der Waals surface area contributed by atoms with Crippen LogP contribution >= 0.6 is 11.8 Å². The van der Waals surface area contributed by atoms with Gasteiger partial charge >= 0.3 is 12.0 Å². The number of amides is 2. The molecule has 0 saturated carbocycles. The third-order valence-corrected chi connectivity index (χ3v) is 7.05. The molecule has 3 unspecified atom stereocenters. The van der Waals surface area contributed by atoms with Crippen LogP contribution in [0.1, 0.15) is 42.4 Å². The molecule has 1 aliphatic rings. The van der Waals surface area contributed by atoms with Crippen LogP contribution in [0.3, 0.4) is 0 Å². The zero-order valence-electron chi connectivity index (χ0n) is 21.2. The number of benzene rings is 3. The summed E-state index contributed by atoms with van der Waals surface area (Å²) >= 11 is 1.73. The summed E-state index contributed by atoms with van der Waals surface area (Å²) in [6.07, 6.45) is -0.237. The van der Waals surface area contributed by atoms with E-state index in [1.54, 1.807) is 30.8 Å². The first-order valence-electron chi connectivity index (χ1n) is 12.5. The fraction of sp³-hybridized carbons (Fsp3) is 0.310. The number of aliphatic hydroxyl groups excluding tert-OH is 1. The van der Waals surface area contributed by atoms with E-state index < -0.39 is 18.3 Å². The lowest BCUT2D eigenvalue weighted by Crippen LogP contribution is -2.34. The van der Waals surface area contributed by atoms with Crippen molar-refractivity contribution in [3.05, 3.63) is 95.6 Å². The van der Waals surface area contributed by atoms with Crippen LogP contribution < -0.4 is 10.6 Å². The monoisotopic (exact) mass is 536 g/mol. The van der Waals surface area contributed by atoms with Gasteiger partial charge in [-0.25, -0.2) is 4.79 Å². The first-order chi connectivity index (χ1) is 18.5. The quantitative estimate of drug-likeness (QED) is 0.242. The lowest BCUT2D eigenvalue weighted by Gasteiger charge is -2.36. The van der Waals surface area contributed by atoms with Crippen molar-refractivity contribution in [1.29, 1.82) is 0 Å². The van der Waals surface area contributed by atoms with Crippen LogP contribution in [0.4, 0.5) is 10.5 Å². The van der Waals surface area contributed by atoms with Gasteiger partial charge in [-0.05, 0) is 42.3 Å². The molecular weight excluding hydrogens is 504 g/mol. The van der Waals surface area contributed by atoms with Gasteiger partial charge in [0, 0.05) is 28.3 Å². The van der Waals surface area contributed by atoms with Crippen molar-refractivity contribution in [2.45, 2.75) is 43.3 Å². The highest BCUT2D eigenvalue weighted by molar-refractivity contribution is 7.99. The molecule has 0 spiro atoms. The number of thioether (sulfide) groups is 1. The number of carbonyl (C=O) groups excluding carboxylic acids is 2. The van der Waals surface area contributed by atoms with E-state index in [1.165, 1.54) is 4.90 Å². The molecule has 3 aromatic rings. The van der Waals surface area contributed by atoms with Gasteiger partial charge in [0.2, 0.25) is 0 Å². The number of hydrogen-bond donors (Lipinski definition) is 3. The van der Waals surface area contributed by atoms with Crippen LogP contribution in [0.5, 0.6) is 0 Å². The molecule has 0 aliphatic carbocycles. The summed E-state index contributed by atoms with van der Waals surface area (Å²) in [7, 11) is 0. The Balaban J connectivity index is 1.47. The van der Waals surface area contributed by atoms with Crippen LogP contribution in [-0.4, -0.2) is 42.1 Å². The summed E-state index contributed by atoms with van der Waals surface area (Å²) < 4.78 is 17.6. The number of nitrogens with one attached hydrogen (secondary N) is 2. The minimum Gasteiger partial charge on any atom is -0.465 e. The van der Waals surface area contributed by atoms with Crippen molar-refractivity contribution in [3.63, 3.8) is 0 Å². The molecule has 9 heteroatoms. The van der Waals surface area contributed by atoms with Crippen LogP contribution in [0, 0.1) is 0 Å². The zero-order valence-corrected chi connectivity index (χ0v) is 22.0. The lowest BCUT2D eigenvalue weighted by molar-refractivity contribution is -0.245. The number of anilines is 1. The molecule has 3 atom stereocenters. The van der Waals surface area contributed by atoms with E-state index in [0.29, 0.717) is 12.1 Å². The largest absolute Gasteiger partial charge is 0.465 e. The average Bonchev–Trinajstić information content (AvgIpc) is 2.96. The van der Waals surface area contributed by atoms with Crippen molar-refractivity contribution >= 4 is 29.4 Å². The third-order valence-electron chi connectivity index (χ3n) is 5.91. The van der Waals surface area contributed by atoms with Crippen LogP contribution in [0.25, 0.3) is 0 Å². The van der Waals surface area contributed by atoms with Crippen LogP contribution in [0.2, 0.25) is 0 Å². The van der Waals surface area contributed by atoms with Gasteiger partial charge in [0.25, 0.3) is 0 Å². The number of aliphatic hydroxyl groups is 1. The Labute approximate surface area is 226 Å². The Morgan fingerprint density at radius 3 is 2.53 bits per heavy atom. The Bertz CT molecular complexity index is 1190. The van der Waals surface area contributed by atoms with E-state index in [1.807, 2.05) is 54.6 Å². The fourth-order valence-corrected chi connectivity index (χ4v) is 4.97. The fourth-order valence-electron chi connectivity index (χ4n) is 4.03. The maximum atomic E-state index is 12.3. The van der Waals surface area contributed by atoms with Crippen molar-refractivity contribution < 1.29 is 28.9 Å². The second kappa shape index (κ2) is 14.0. The van der Waals surface area contributed by atoms with Crippen molar-refractivity contribution in [2.24, 2.45) is 0 Å². The minimum atomic E-state index is -0.642. The highest BCUT2D eigenvalue weighted by atomic mass is 32.2. The topological polar surface area (TPSA) is 106 Å². The summed E-state index contributed by atoms with van der Waals surface area (Å²) in [6, 6.07) is 24.7. The average molecular weight is 537 g/mol. The molecule has 1 heterocycles. The number of rotatable bonds is 10. The number of carbonyl (C=O) groups is 2. The molecular formula is C29H32N2O6S. The number of ether oxygens (including phenoxy) is 3. The predicted molar refractivity (Wildman–Crippen MR) is 146 cm³/mol. The number of hydrogen-bond acceptors (Lipinski definition) is 7. The molecule has 1 saturated heterocycles. The Morgan fingerprint density at radius 2 is 1.79 bits per heavy atom. The van der Waals surface area contributed by atoms with Crippen LogP contribution in [0.15, 0.2) is 83.8 Å². The molecule has 8 nitrogen and oxygen atoms in total. The van der Waals surface area contributed by atoms with E-state index in [-0.39, 0.29) is 32.0 Å². The van der Waals surface area contributed by atoms with Gasteiger partial charge in [-0.3, -0.25) is 4.79 Å². The van der Waals surface area contributed by atoms with Gasteiger partial charge in [0.15, 0.2) is 6.29 Å². The van der Waals surface area contributed by atoms with E-state index >= 15 is 0 Å².